The summed E-state index contributed by atoms with van der Waals surface area (Å²) < 4.78 is 0. The van der Waals surface area contributed by atoms with E-state index in [1.165, 1.54) is 0 Å². The lowest BCUT2D eigenvalue weighted by Crippen LogP contribution is -2.51. The Hall–Kier alpha value is -1.49. The topological polar surface area (TPSA) is 49.4 Å². The van der Waals surface area contributed by atoms with Crippen molar-refractivity contribution in [2.45, 2.75) is 38.6 Å². The minimum atomic E-state index is -0.110. The number of piperidine rings is 1. The van der Waals surface area contributed by atoms with Crippen molar-refractivity contribution in [2.24, 2.45) is 5.92 Å². The molecule has 1 saturated heterocycles. The van der Waals surface area contributed by atoms with Gasteiger partial charge >= 0.3 is 0 Å². The number of benzene rings is 1. The predicted molar refractivity (Wildman–Crippen MR) is 100 cm³/mol. The fourth-order valence-electron chi connectivity index (χ4n) is 3.05. The summed E-state index contributed by atoms with van der Waals surface area (Å²) in [7, 11) is 0. The molecular weight excluding hydrogens is 320 g/mol. The standard InChI is InChI=1S/C19H28N2O2S/c1-14(2)18(22)20-16-10-7-11-21(12-16)19(23)17(13-24-3)15-8-5-4-6-9-15/h4-6,8-9,14,16-17H,7,10-13H2,1-3H3,(H,20,22)/t16-,17+/m1/s1. The fourth-order valence-corrected chi connectivity index (χ4v) is 3.71. The van der Waals surface area contributed by atoms with E-state index in [0.29, 0.717) is 6.54 Å². The first kappa shape index (κ1) is 18.8. The molecule has 1 aromatic rings. The summed E-state index contributed by atoms with van der Waals surface area (Å²) in [5, 5.41) is 3.08. The van der Waals surface area contributed by atoms with Crippen LogP contribution in [0.15, 0.2) is 30.3 Å². The summed E-state index contributed by atoms with van der Waals surface area (Å²) in [4.78, 5) is 26.9. The van der Waals surface area contributed by atoms with Crippen LogP contribution in [-0.4, -0.2) is 47.9 Å². The Morgan fingerprint density at radius 2 is 2.00 bits per heavy atom. The van der Waals surface area contributed by atoms with E-state index in [1.807, 2.05) is 55.3 Å². The van der Waals surface area contributed by atoms with Crippen LogP contribution in [0.4, 0.5) is 0 Å². The third-order valence-corrected chi connectivity index (χ3v) is 5.10. The van der Waals surface area contributed by atoms with Crippen molar-refractivity contribution < 1.29 is 9.59 Å². The second-order valence-electron chi connectivity index (χ2n) is 6.71. The van der Waals surface area contributed by atoms with Crippen LogP contribution >= 0.6 is 11.8 Å². The average molecular weight is 349 g/mol. The van der Waals surface area contributed by atoms with Crippen LogP contribution in [0.3, 0.4) is 0 Å². The van der Waals surface area contributed by atoms with Gasteiger partial charge in [-0.25, -0.2) is 0 Å². The monoisotopic (exact) mass is 348 g/mol. The van der Waals surface area contributed by atoms with Gasteiger partial charge in [0.2, 0.25) is 11.8 Å². The number of thioether (sulfide) groups is 1. The fraction of sp³-hybridized carbons (Fsp3) is 0.579. The molecule has 24 heavy (non-hydrogen) atoms. The van der Waals surface area contributed by atoms with Gasteiger partial charge in [-0.2, -0.15) is 11.8 Å². The van der Waals surface area contributed by atoms with E-state index in [0.717, 1.165) is 30.7 Å². The Balaban J connectivity index is 2.05. The number of nitrogens with zero attached hydrogens (tertiary/aromatic N) is 1. The number of hydrogen-bond acceptors (Lipinski definition) is 3. The first-order chi connectivity index (χ1) is 11.5. The van der Waals surface area contributed by atoms with E-state index in [9.17, 15) is 9.59 Å². The zero-order chi connectivity index (χ0) is 17.5. The van der Waals surface area contributed by atoms with Gasteiger partial charge in [0.1, 0.15) is 0 Å². The zero-order valence-corrected chi connectivity index (χ0v) is 15.6. The van der Waals surface area contributed by atoms with Crippen molar-refractivity contribution in [1.82, 2.24) is 10.2 Å². The van der Waals surface area contributed by atoms with Crippen molar-refractivity contribution >= 4 is 23.6 Å². The number of likely N-dealkylation sites (tertiary alicyclic amines) is 1. The molecule has 2 atom stereocenters. The Morgan fingerprint density at radius 3 is 2.62 bits per heavy atom. The molecule has 1 N–H and O–H groups in total. The van der Waals surface area contributed by atoms with E-state index >= 15 is 0 Å². The highest BCUT2D eigenvalue weighted by Gasteiger charge is 2.30. The van der Waals surface area contributed by atoms with Gasteiger partial charge in [-0.3, -0.25) is 9.59 Å². The zero-order valence-electron chi connectivity index (χ0n) is 14.8. The molecule has 1 aliphatic heterocycles. The predicted octanol–water partition coefficient (Wildman–Crippen LogP) is 2.90. The molecule has 0 saturated carbocycles. The maximum atomic E-state index is 13.1. The van der Waals surface area contributed by atoms with Crippen LogP contribution in [0.2, 0.25) is 0 Å². The van der Waals surface area contributed by atoms with E-state index in [4.69, 9.17) is 0 Å². The molecule has 0 radical (unpaired) electrons. The first-order valence-electron chi connectivity index (χ1n) is 8.66. The molecule has 0 aromatic heterocycles. The maximum absolute atomic E-state index is 13.1. The van der Waals surface area contributed by atoms with Gasteiger partial charge < -0.3 is 10.2 Å². The third-order valence-electron chi connectivity index (χ3n) is 4.44. The summed E-state index contributed by atoms with van der Waals surface area (Å²) >= 11 is 1.70. The molecule has 0 aliphatic carbocycles. The van der Waals surface area contributed by atoms with Crippen LogP contribution in [0, 0.1) is 5.92 Å². The molecule has 2 amide bonds. The smallest absolute Gasteiger partial charge is 0.231 e. The molecular formula is C19H28N2O2S. The number of rotatable bonds is 6. The van der Waals surface area contributed by atoms with Crippen molar-refractivity contribution in [2.75, 3.05) is 25.1 Å². The molecule has 1 fully saturated rings. The molecule has 1 heterocycles. The van der Waals surface area contributed by atoms with E-state index in [-0.39, 0.29) is 29.7 Å². The Kier molecular flexibility index (Phi) is 7.16. The first-order valence-corrected chi connectivity index (χ1v) is 10.0. The quantitative estimate of drug-likeness (QED) is 0.860. The van der Waals surface area contributed by atoms with Crippen molar-refractivity contribution in [3.05, 3.63) is 35.9 Å². The molecule has 5 heteroatoms. The van der Waals surface area contributed by atoms with Crippen LogP contribution in [-0.2, 0) is 9.59 Å². The van der Waals surface area contributed by atoms with Gasteiger partial charge in [0.25, 0.3) is 0 Å². The second kappa shape index (κ2) is 9.11. The van der Waals surface area contributed by atoms with E-state index in [2.05, 4.69) is 5.32 Å². The van der Waals surface area contributed by atoms with Crippen LogP contribution in [0.25, 0.3) is 0 Å². The van der Waals surface area contributed by atoms with Crippen LogP contribution in [0.1, 0.15) is 38.2 Å². The number of hydrogen-bond donors (Lipinski definition) is 1. The number of nitrogens with one attached hydrogen (secondary N) is 1. The van der Waals surface area contributed by atoms with Crippen molar-refractivity contribution in [3.8, 4) is 0 Å². The molecule has 0 unspecified atom stereocenters. The summed E-state index contributed by atoms with van der Waals surface area (Å²) in [5.41, 5.74) is 1.07. The molecule has 132 valence electrons. The van der Waals surface area contributed by atoms with Gasteiger partial charge in [-0.15, -0.1) is 0 Å². The number of amides is 2. The van der Waals surface area contributed by atoms with Gasteiger partial charge in [0.05, 0.1) is 5.92 Å². The maximum Gasteiger partial charge on any atom is 0.231 e. The van der Waals surface area contributed by atoms with Crippen LogP contribution < -0.4 is 5.32 Å². The van der Waals surface area contributed by atoms with E-state index < -0.39 is 0 Å². The average Bonchev–Trinajstić information content (AvgIpc) is 2.60. The molecule has 2 rings (SSSR count). The normalized spacial score (nSPS) is 19.2. The summed E-state index contributed by atoms with van der Waals surface area (Å²) in [6.07, 6.45) is 3.92. The molecule has 4 nitrogen and oxygen atoms in total. The SMILES string of the molecule is CSC[C@H](C(=O)N1CCC[C@@H](NC(=O)C(C)C)C1)c1ccccc1. The van der Waals surface area contributed by atoms with Gasteiger partial charge in [0.15, 0.2) is 0 Å². The minimum Gasteiger partial charge on any atom is -0.351 e. The molecule has 0 bridgehead atoms. The van der Waals surface area contributed by atoms with Gasteiger partial charge in [0, 0.05) is 30.8 Å². The highest BCUT2D eigenvalue weighted by atomic mass is 32.2. The summed E-state index contributed by atoms with van der Waals surface area (Å²) in [5.74, 6) is 0.894. The van der Waals surface area contributed by atoms with Gasteiger partial charge in [-0.1, -0.05) is 44.2 Å². The number of carbonyl (C=O) groups is 2. The highest BCUT2D eigenvalue weighted by molar-refractivity contribution is 7.98. The summed E-state index contributed by atoms with van der Waals surface area (Å²) in [6.45, 7) is 5.19. The highest BCUT2D eigenvalue weighted by Crippen LogP contribution is 2.24. The Morgan fingerprint density at radius 1 is 1.29 bits per heavy atom. The molecule has 0 spiro atoms. The lowest BCUT2D eigenvalue weighted by Gasteiger charge is -2.35. The largest absolute Gasteiger partial charge is 0.351 e. The van der Waals surface area contributed by atoms with Crippen molar-refractivity contribution in [1.29, 1.82) is 0 Å². The molecule has 1 aliphatic rings. The minimum absolute atomic E-state index is 0.0235. The molecule has 1 aromatic carbocycles. The van der Waals surface area contributed by atoms with Crippen LogP contribution in [0.5, 0.6) is 0 Å². The van der Waals surface area contributed by atoms with Gasteiger partial charge in [-0.05, 0) is 24.7 Å². The Bertz CT molecular complexity index is 548. The number of carbonyl (C=O) groups excluding carboxylic acids is 2. The third kappa shape index (κ3) is 5.00. The lowest BCUT2D eigenvalue weighted by atomic mass is 9.97. The summed E-state index contributed by atoms with van der Waals surface area (Å²) in [6, 6.07) is 10.1. The van der Waals surface area contributed by atoms with E-state index in [1.54, 1.807) is 11.8 Å². The van der Waals surface area contributed by atoms with Crippen molar-refractivity contribution in [3.63, 3.8) is 0 Å². The Labute approximate surface area is 149 Å². The second-order valence-corrected chi connectivity index (χ2v) is 7.62. The lowest BCUT2D eigenvalue weighted by molar-refractivity contribution is -0.135.